The highest BCUT2D eigenvalue weighted by atomic mass is 16.4. The van der Waals surface area contributed by atoms with Crippen LogP contribution >= 0.6 is 0 Å². The third-order valence-corrected chi connectivity index (χ3v) is 0.884. The first-order chi connectivity index (χ1) is 4.54. The molecule has 0 saturated heterocycles. The molecular formula is C4H8BN2O3-. The van der Waals surface area contributed by atoms with Gasteiger partial charge in [-0.15, -0.1) is 7.41 Å². The molecule has 1 atom stereocenters. The molecule has 6 heteroatoms. The molecule has 56 valence electrons. The van der Waals surface area contributed by atoms with Gasteiger partial charge in [0.2, 0.25) is 5.91 Å². The number of rotatable bonds is 4. The summed E-state index contributed by atoms with van der Waals surface area (Å²) >= 11 is 0. The van der Waals surface area contributed by atoms with E-state index in [-0.39, 0.29) is 0 Å². The van der Waals surface area contributed by atoms with E-state index in [0.717, 1.165) is 7.41 Å². The smallest absolute Gasteiger partial charge is 0.230 e. The van der Waals surface area contributed by atoms with Crippen LogP contribution in [0.4, 0.5) is 4.79 Å². The number of nitrogens with one attached hydrogen (secondary N) is 1. The van der Waals surface area contributed by atoms with E-state index in [2.05, 4.69) is 5.23 Å². The molecule has 0 spiro atoms. The molecule has 0 bridgehead atoms. The monoisotopic (exact) mass is 143 g/mol. The topological polar surface area (TPSA) is 92.4 Å². The molecule has 4 N–H and O–H groups in total. The lowest BCUT2D eigenvalue weighted by Crippen LogP contribution is -2.42. The van der Waals surface area contributed by atoms with Crippen LogP contribution in [0.1, 0.15) is 6.92 Å². The number of carboxylic acid groups (broad SMARTS) is 1. The van der Waals surface area contributed by atoms with E-state index < -0.39 is 17.8 Å². The second kappa shape index (κ2) is 3.89. The molecule has 0 rings (SSSR count). The summed E-state index contributed by atoms with van der Waals surface area (Å²) in [6.07, 6.45) is 0. The second-order valence-electron chi connectivity index (χ2n) is 1.77. The van der Waals surface area contributed by atoms with E-state index in [0.29, 0.717) is 0 Å². The first kappa shape index (κ1) is 8.96. The van der Waals surface area contributed by atoms with Gasteiger partial charge in [0.25, 0.3) is 0 Å². The van der Waals surface area contributed by atoms with Crippen LogP contribution in [0, 0.1) is 0 Å². The maximum absolute atomic E-state index is 10.3. The van der Waals surface area contributed by atoms with Gasteiger partial charge in [-0.2, -0.15) is 0 Å². The molecule has 0 heterocycles. The minimum absolute atomic E-state index is 0.586. The quantitative estimate of drug-likeness (QED) is 0.428. The minimum Gasteiger partial charge on any atom is -0.532 e. The number of carbonyl (C=O) groups is 2. The highest BCUT2D eigenvalue weighted by Gasteiger charge is 2.00. The maximum Gasteiger partial charge on any atom is 0.230 e. The Kier molecular flexibility index (Phi) is 3.49. The van der Waals surface area contributed by atoms with Crippen LogP contribution in [0.3, 0.4) is 0 Å². The van der Waals surface area contributed by atoms with E-state index in [1.165, 1.54) is 6.92 Å². The summed E-state index contributed by atoms with van der Waals surface area (Å²) < 4.78 is 0. The first-order valence-corrected chi connectivity index (χ1v) is 2.65. The van der Waals surface area contributed by atoms with E-state index >= 15 is 0 Å². The van der Waals surface area contributed by atoms with E-state index in [1.54, 1.807) is 0 Å². The minimum atomic E-state index is -1.13. The molecule has 5 nitrogen and oxygen atoms in total. The van der Waals surface area contributed by atoms with Gasteiger partial charge in [0.1, 0.15) is 0 Å². The number of hydrogen-bond acceptors (Lipinski definition) is 3. The summed E-state index contributed by atoms with van der Waals surface area (Å²) in [5.41, 5.74) is 4.81. The Labute approximate surface area is 58.9 Å². The molecule has 0 aliphatic heterocycles. The van der Waals surface area contributed by atoms with E-state index in [9.17, 15) is 9.59 Å². The van der Waals surface area contributed by atoms with Crippen molar-refractivity contribution in [3.05, 3.63) is 0 Å². The Balaban J connectivity index is 3.49. The summed E-state index contributed by atoms with van der Waals surface area (Å²) in [5.74, 6) is -1.72. The number of carbonyl (C=O) groups excluding carboxylic acids is 1. The van der Waals surface area contributed by atoms with Crippen molar-refractivity contribution in [1.29, 1.82) is 0 Å². The molecule has 0 aliphatic carbocycles. The predicted molar refractivity (Wildman–Crippen MR) is 35.6 cm³/mol. The second-order valence-corrected chi connectivity index (χ2v) is 1.77. The van der Waals surface area contributed by atoms with Gasteiger partial charge in [0.15, 0.2) is 0 Å². The lowest BCUT2D eigenvalue weighted by Gasteiger charge is -2.17. The average Bonchev–Trinajstić information content (AvgIpc) is 1.82. The summed E-state index contributed by atoms with van der Waals surface area (Å²) in [6, 6.07) is -0.643. The van der Waals surface area contributed by atoms with Crippen molar-refractivity contribution in [2.75, 3.05) is 0 Å². The molecule has 1 amide bonds. The van der Waals surface area contributed by atoms with Crippen LogP contribution in [0.25, 0.3) is 0 Å². The van der Waals surface area contributed by atoms with Gasteiger partial charge >= 0.3 is 0 Å². The van der Waals surface area contributed by atoms with Crippen molar-refractivity contribution in [1.82, 2.24) is 5.23 Å². The highest BCUT2D eigenvalue weighted by molar-refractivity contribution is 6.69. The van der Waals surface area contributed by atoms with Crippen LogP contribution in [0.5, 0.6) is 0 Å². The van der Waals surface area contributed by atoms with Gasteiger partial charge in [-0.25, -0.2) is 0 Å². The lowest BCUT2D eigenvalue weighted by molar-refractivity contribution is -0.119. The third-order valence-electron chi connectivity index (χ3n) is 0.884. The molecule has 2 radical (unpaired) electrons. The lowest BCUT2D eigenvalue weighted by atomic mass is 9.94. The molecule has 0 unspecified atom stereocenters. The summed E-state index contributed by atoms with van der Waals surface area (Å²) in [5, 5.41) is 10.4. The summed E-state index contributed by atoms with van der Waals surface area (Å²) in [4.78, 5) is 20.1. The molecule has 10 heavy (non-hydrogen) atoms. The standard InChI is InChI=1S/C4H8BN2O3/c1-2(3(6)8)7-5-4(9)10/h2,7H,1H3,(H2,6,8)(H,9,10)/q-1/t2-/m0/s1. The van der Waals surface area contributed by atoms with Gasteiger partial charge in [-0.1, -0.05) is 0 Å². The SMILES string of the molecule is C[C@H](N[B-]C(=O)O)C(N)=O. The zero-order valence-electron chi connectivity index (χ0n) is 5.50. The Hall–Kier alpha value is -1.04. The normalized spacial score (nSPS) is 12.5. The van der Waals surface area contributed by atoms with Crippen LogP contribution < -0.4 is 11.0 Å². The van der Waals surface area contributed by atoms with Crippen molar-refractivity contribution < 1.29 is 14.7 Å². The Bertz CT molecular complexity index is 149. The van der Waals surface area contributed by atoms with Crippen molar-refractivity contribution in [2.24, 2.45) is 5.73 Å². The van der Waals surface area contributed by atoms with E-state index in [1.807, 2.05) is 0 Å². The summed E-state index contributed by atoms with van der Waals surface area (Å²) in [7, 11) is 0.773. The fourth-order valence-corrected chi connectivity index (χ4v) is 0.278. The van der Waals surface area contributed by atoms with Gasteiger partial charge in [-0.05, 0) is 6.92 Å². The third kappa shape index (κ3) is 3.91. The molecular weight excluding hydrogens is 135 g/mol. The van der Waals surface area contributed by atoms with Crippen molar-refractivity contribution in [3.63, 3.8) is 0 Å². The molecule has 0 fully saturated rings. The molecule has 0 aromatic carbocycles. The number of nitrogens with two attached hydrogens (primary N) is 1. The molecule has 0 aromatic heterocycles. The van der Waals surface area contributed by atoms with Crippen LogP contribution in [-0.4, -0.2) is 30.3 Å². The number of primary amides is 1. The molecule has 0 saturated carbocycles. The van der Waals surface area contributed by atoms with Gasteiger partial charge in [0.05, 0.1) is 5.87 Å². The van der Waals surface area contributed by atoms with Gasteiger partial charge in [-0.3, -0.25) is 4.79 Å². The van der Waals surface area contributed by atoms with Gasteiger partial charge in [0, 0.05) is 6.04 Å². The Morgan fingerprint density at radius 1 is 1.70 bits per heavy atom. The summed E-state index contributed by atoms with van der Waals surface area (Å²) in [6.45, 7) is 1.47. The Morgan fingerprint density at radius 2 is 2.20 bits per heavy atom. The van der Waals surface area contributed by atoms with Crippen molar-refractivity contribution >= 4 is 19.2 Å². The predicted octanol–water partition coefficient (Wildman–Crippen LogP) is -1.25. The van der Waals surface area contributed by atoms with Crippen molar-refractivity contribution in [3.8, 4) is 0 Å². The fraction of sp³-hybridized carbons (Fsp3) is 0.500. The number of amides is 1. The van der Waals surface area contributed by atoms with Crippen LogP contribution in [-0.2, 0) is 4.79 Å². The maximum atomic E-state index is 10.3. The Morgan fingerprint density at radius 3 is 2.50 bits per heavy atom. The zero-order chi connectivity index (χ0) is 8.15. The van der Waals surface area contributed by atoms with Gasteiger partial charge < -0.3 is 20.9 Å². The van der Waals surface area contributed by atoms with Crippen molar-refractivity contribution in [2.45, 2.75) is 13.0 Å². The average molecular weight is 143 g/mol. The van der Waals surface area contributed by atoms with Crippen LogP contribution in [0.15, 0.2) is 0 Å². The molecule has 0 aliphatic rings. The number of hydrogen-bond donors (Lipinski definition) is 3. The largest absolute Gasteiger partial charge is 0.532 e. The van der Waals surface area contributed by atoms with E-state index in [4.69, 9.17) is 10.8 Å². The fourth-order valence-electron chi connectivity index (χ4n) is 0.278. The zero-order valence-corrected chi connectivity index (χ0v) is 5.50. The molecule has 0 aromatic rings. The highest BCUT2D eigenvalue weighted by Crippen LogP contribution is 1.75. The first-order valence-electron chi connectivity index (χ1n) is 2.65. The van der Waals surface area contributed by atoms with Crippen LogP contribution in [0.2, 0.25) is 0 Å².